The van der Waals surface area contributed by atoms with E-state index in [0.717, 1.165) is 10.9 Å². The van der Waals surface area contributed by atoms with E-state index in [4.69, 9.17) is 28.3 Å². The second-order valence-electron chi connectivity index (χ2n) is 4.02. The minimum atomic E-state index is -4.26. The van der Waals surface area contributed by atoms with Crippen LogP contribution < -0.4 is 5.14 Å². The fourth-order valence-electron chi connectivity index (χ4n) is 1.65. The predicted molar refractivity (Wildman–Crippen MR) is 75.8 cm³/mol. The molecule has 2 aromatic rings. The number of benzene rings is 1. The third kappa shape index (κ3) is 3.32. The summed E-state index contributed by atoms with van der Waals surface area (Å²) in [6.07, 6.45) is 0.965. The van der Waals surface area contributed by atoms with E-state index in [1.54, 1.807) is 18.2 Å². The summed E-state index contributed by atoms with van der Waals surface area (Å²) >= 11 is 12.0. The van der Waals surface area contributed by atoms with Gasteiger partial charge in [0, 0.05) is 15.6 Å². The van der Waals surface area contributed by atoms with Crippen LogP contribution in [-0.4, -0.2) is 23.1 Å². The van der Waals surface area contributed by atoms with Crippen molar-refractivity contribution in [2.24, 2.45) is 5.14 Å². The Hall–Kier alpha value is -1.68. The predicted octanol–water partition coefficient (Wildman–Crippen LogP) is 1.79. The van der Waals surface area contributed by atoms with E-state index in [9.17, 15) is 18.5 Å². The highest BCUT2D eigenvalue weighted by molar-refractivity contribution is 7.89. The Morgan fingerprint density at radius 3 is 2.33 bits per heavy atom. The van der Waals surface area contributed by atoms with Gasteiger partial charge in [-0.25, -0.2) is 13.6 Å². The monoisotopic (exact) mass is 350 g/mol. The van der Waals surface area contributed by atoms with Gasteiger partial charge in [0.15, 0.2) is 0 Å². The second-order valence-corrected chi connectivity index (χ2v) is 6.36. The van der Waals surface area contributed by atoms with Crippen LogP contribution in [0.15, 0.2) is 29.3 Å². The standard InChI is InChI=1S/C10H8Cl2N4O4S/c11-7-2-1-3-8(12)6(7)4-15-5-9(21(13,19)20)10(14-15)16(17)18/h1-3,5H,4H2,(H2,13,19,20). The summed E-state index contributed by atoms with van der Waals surface area (Å²) in [5, 5.41) is 20.0. The maximum atomic E-state index is 11.3. The Balaban J connectivity index is 2.50. The van der Waals surface area contributed by atoms with E-state index in [1.165, 1.54) is 0 Å². The fourth-order valence-corrected chi connectivity index (χ4v) is 2.80. The molecule has 2 rings (SSSR count). The number of hydrogen-bond acceptors (Lipinski definition) is 5. The van der Waals surface area contributed by atoms with Crippen LogP contribution in [0, 0.1) is 10.1 Å². The van der Waals surface area contributed by atoms with Gasteiger partial charge in [-0.2, -0.15) is 4.68 Å². The van der Waals surface area contributed by atoms with Gasteiger partial charge >= 0.3 is 5.82 Å². The van der Waals surface area contributed by atoms with Gasteiger partial charge < -0.3 is 10.1 Å². The molecule has 0 bridgehead atoms. The quantitative estimate of drug-likeness (QED) is 0.665. The number of primary sulfonamides is 1. The van der Waals surface area contributed by atoms with E-state index in [2.05, 4.69) is 5.10 Å². The van der Waals surface area contributed by atoms with Crippen molar-refractivity contribution in [1.29, 1.82) is 0 Å². The normalized spacial score (nSPS) is 11.6. The van der Waals surface area contributed by atoms with Gasteiger partial charge in [0.2, 0.25) is 14.9 Å². The molecular formula is C10H8Cl2N4O4S. The Labute approximate surface area is 129 Å². The van der Waals surface area contributed by atoms with Crippen LogP contribution in [0.4, 0.5) is 5.82 Å². The zero-order valence-electron chi connectivity index (χ0n) is 10.2. The molecular weight excluding hydrogens is 343 g/mol. The lowest BCUT2D eigenvalue weighted by Gasteiger charge is -2.04. The first-order chi connectivity index (χ1) is 9.70. The lowest BCUT2D eigenvalue weighted by molar-refractivity contribution is -0.392. The molecule has 0 atom stereocenters. The number of hydrogen-bond donors (Lipinski definition) is 1. The Morgan fingerprint density at radius 2 is 1.90 bits per heavy atom. The molecule has 0 aliphatic rings. The molecule has 11 heteroatoms. The van der Waals surface area contributed by atoms with Crippen molar-refractivity contribution >= 4 is 39.0 Å². The van der Waals surface area contributed by atoms with Crippen molar-refractivity contribution in [3.8, 4) is 0 Å². The van der Waals surface area contributed by atoms with E-state index in [-0.39, 0.29) is 6.54 Å². The highest BCUT2D eigenvalue weighted by Gasteiger charge is 2.29. The van der Waals surface area contributed by atoms with Gasteiger partial charge in [-0.05, 0) is 17.1 Å². The van der Waals surface area contributed by atoms with E-state index >= 15 is 0 Å². The first-order valence-corrected chi connectivity index (χ1v) is 7.68. The Morgan fingerprint density at radius 1 is 1.33 bits per heavy atom. The molecule has 0 amide bonds. The van der Waals surface area contributed by atoms with Crippen molar-refractivity contribution < 1.29 is 13.3 Å². The molecule has 0 saturated heterocycles. The third-order valence-corrected chi connectivity index (χ3v) is 4.18. The topological polar surface area (TPSA) is 121 Å². The maximum absolute atomic E-state index is 11.3. The molecule has 0 aliphatic carbocycles. The molecule has 1 aromatic carbocycles. The van der Waals surface area contributed by atoms with E-state index in [1.807, 2.05) is 0 Å². The number of nitrogens with zero attached hydrogens (tertiary/aromatic N) is 3. The number of aromatic nitrogens is 2. The summed E-state index contributed by atoms with van der Waals surface area (Å²) in [5.74, 6) is -0.847. The molecule has 21 heavy (non-hydrogen) atoms. The van der Waals surface area contributed by atoms with Crippen molar-refractivity contribution in [3.63, 3.8) is 0 Å². The van der Waals surface area contributed by atoms with Crippen LogP contribution in [0.5, 0.6) is 0 Å². The number of rotatable bonds is 4. The zero-order chi connectivity index (χ0) is 15.8. The molecule has 1 heterocycles. The molecule has 0 spiro atoms. The van der Waals surface area contributed by atoms with Crippen LogP contribution in [0.1, 0.15) is 5.56 Å². The van der Waals surface area contributed by atoms with Crippen LogP contribution in [-0.2, 0) is 16.6 Å². The summed E-state index contributed by atoms with van der Waals surface area (Å²) in [6.45, 7) is -0.0329. The molecule has 0 fully saturated rings. The van der Waals surface area contributed by atoms with Crippen molar-refractivity contribution in [2.45, 2.75) is 11.4 Å². The average molecular weight is 351 g/mol. The maximum Gasteiger partial charge on any atom is 0.410 e. The molecule has 0 unspecified atom stereocenters. The van der Waals surface area contributed by atoms with Crippen molar-refractivity contribution in [3.05, 3.63) is 50.1 Å². The molecule has 1 aromatic heterocycles. The first-order valence-electron chi connectivity index (χ1n) is 5.37. The minimum absolute atomic E-state index is 0.0329. The number of halogens is 2. The first kappa shape index (κ1) is 15.7. The highest BCUT2D eigenvalue weighted by atomic mass is 35.5. The number of nitro groups is 1. The minimum Gasteiger partial charge on any atom is -0.358 e. The van der Waals surface area contributed by atoms with Gasteiger partial charge in [0.05, 0.1) is 17.8 Å². The van der Waals surface area contributed by atoms with Crippen LogP contribution >= 0.6 is 23.2 Å². The van der Waals surface area contributed by atoms with Gasteiger partial charge in [-0.15, -0.1) is 0 Å². The van der Waals surface area contributed by atoms with Crippen LogP contribution in [0.2, 0.25) is 10.0 Å². The Kier molecular flexibility index (Phi) is 4.19. The van der Waals surface area contributed by atoms with E-state index < -0.39 is 25.7 Å². The molecule has 0 aliphatic heterocycles. The molecule has 0 saturated carbocycles. The molecule has 8 nitrogen and oxygen atoms in total. The molecule has 112 valence electrons. The summed E-state index contributed by atoms with van der Waals surface area (Å²) in [6, 6.07) is 4.80. The number of nitrogens with two attached hydrogens (primary N) is 1. The Bertz CT molecular complexity index is 798. The molecule has 2 N–H and O–H groups in total. The summed E-state index contributed by atoms with van der Waals surface area (Å²) in [5.41, 5.74) is 0.458. The van der Waals surface area contributed by atoms with Crippen molar-refractivity contribution in [1.82, 2.24) is 9.78 Å². The second kappa shape index (κ2) is 5.60. The number of sulfonamides is 1. The highest BCUT2D eigenvalue weighted by Crippen LogP contribution is 2.26. The van der Waals surface area contributed by atoms with Gasteiger partial charge in [0.25, 0.3) is 0 Å². The largest absolute Gasteiger partial charge is 0.410 e. The zero-order valence-corrected chi connectivity index (χ0v) is 12.6. The summed E-state index contributed by atoms with van der Waals surface area (Å²) < 4.78 is 23.7. The smallest absolute Gasteiger partial charge is 0.358 e. The van der Waals surface area contributed by atoms with Crippen LogP contribution in [0.3, 0.4) is 0 Å². The lowest BCUT2D eigenvalue weighted by Crippen LogP contribution is -2.13. The average Bonchev–Trinajstić information content (AvgIpc) is 2.78. The van der Waals surface area contributed by atoms with Crippen molar-refractivity contribution in [2.75, 3.05) is 0 Å². The van der Waals surface area contributed by atoms with E-state index in [0.29, 0.717) is 15.6 Å². The lowest BCUT2D eigenvalue weighted by atomic mass is 10.2. The van der Waals surface area contributed by atoms with Gasteiger partial charge in [-0.1, -0.05) is 29.3 Å². The van der Waals surface area contributed by atoms with Gasteiger partial charge in [0.1, 0.15) is 0 Å². The van der Waals surface area contributed by atoms with Crippen LogP contribution in [0.25, 0.3) is 0 Å². The summed E-state index contributed by atoms with van der Waals surface area (Å²) in [7, 11) is -4.26. The fraction of sp³-hybridized carbons (Fsp3) is 0.100. The van der Waals surface area contributed by atoms with Gasteiger partial charge in [-0.3, -0.25) is 0 Å². The third-order valence-electron chi connectivity index (χ3n) is 2.57. The summed E-state index contributed by atoms with van der Waals surface area (Å²) in [4.78, 5) is 9.23. The SMILES string of the molecule is NS(=O)(=O)c1cn(Cc2c(Cl)cccc2Cl)nc1[N+](=O)[O-]. The molecule has 0 radical (unpaired) electrons.